The molecule has 0 spiro atoms. The highest BCUT2D eigenvalue weighted by Crippen LogP contribution is 2.38. The van der Waals surface area contributed by atoms with E-state index in [1.54, 1.807) is 18.2 Å². The summed E-state index contributed by atoms with van der Waals surface area (Å²) >= 11 is 6.03. The van der Waals surface area contributed by atoms with Crippen LogP contribution in [0.15, 0.2) is 36.4 Å². The summed E-state index contributed by atoms with van der Waals surface area (Å²) in [5, 5.41) is 0.212. The Hall–Kier alpha value is -2.80. The molecule has 0 unspecified atom stereocenters. The normalized spacial score (nSPS) is 14.5. The van der Waals surface area contributed by atoms with Gasteiger partial charge in [0.05, 0.1) is 14.2 Å². The van der Waals surface area contributed by atoms with Crippen LogP contribution in [0.3, 0.4) is 0 Å². The predicted molar refractivity (Wildman–Crippen MR) is 98.7 cm³/mol. The van der Waals surface area contributed by atoms with Crippen LogP contribution in [0.25, 0.3) is 0 Å². The van der Waals surface area contributed by atoms with Crippen molar-refractivity contribution in [1.82, 2.24) is 4.90 Å². The zero-order valence-electron chi connectivity index (χ0n) is 14.9. The van der Waals surface area contributed by atoms with Gasteiger partial charge in [-0.3, -0.25) is 14.5 Å². The molecule has 0 N–H and O–H groups in total. The molecule has 0 aromatic heterocycles. The van der Waals surface area contributed by atoms with Crippen LogP contribution in [-0.4, -0.2) is 44.0 Å². The Kier molecular flexibility index (Phi) is 5.51. The van der Waals surface area contributed by atoms with Gasteiger partial charge in [-0.2, -0.15) is 0 Å². The standard InChI is InChI=1S/C19H18ClFN2O4/c1-26-15-4-3-5-16(27-2)17(15)23-9-8-22(18(24)19(23)25)11-12-6-7-13(21)10-14(12)20/h3-7,10H,8-9,11H2,1-2H3. The Bertz CT molecular complexity index is 868. The zero-order chi connectivity index (χ0) is 19.6. The number of amides is 2. The first kappa shape index (κ1) is 19.0. The molecule has 2 aromatic rings. The van der Waals surface area contributed by atoms with Crippen LogP contribution in [0.2, 0.25) is 5.02 Å². The van der Waals surface area contributed by atoms with E-state index in [9.17, 15) is 14.0 Å². The Labute approximate surface area is 161 Å². The third-order valence-electron chi connectivity index (χ3n) is 4.36. The van der Waals surface area contributed by atoms with E-state index in [-0.39, 0.29) is 18.1 Å². The molecule has 6 nitrogen and oxygen atoms in total. The lowest BCUT2D eigenvalue weighted by Crippen LogP contribution is -2.54. The van der Waals surface area contributed by atoms with Gasteiger partial charge < -0.3 is 14.4 Å². The largest absolute Gasteiger partial charge is 0.494 e. The van der Waals surface area contributed by atoms with E-state index >= 15 is 0 Å². The van der Waals surface area contributed by atoms with E-state index < -0.39 is 17.6 Å². The van der Waals surface area contributed by atoms with Crippen molar-refractivity contribution in [2.75, 3.05) is 32.2 Å². The first-order valence-electron chi connectivity index (χ1n) is 8.22. The molecule has 2 amide bonds. The Morgan fingerprint density at radius 1 is 1.04 bits per heavy atom. The number of carbonyl (C=O) groups excluding carboxylic acids is 2. The van der Waals surface area contributed by atoms with Crippen molar-refractivity contribution in [3.05, 3.63) is 52.8 Å². The third kappa shape index (κ3) is 3.68. The number of anilines is 1. The highest BCUT2D eigenvalue weighted by molar-refractivity contribution is 6.41. The van der Waals surface area contributed by atoms with Gasteiger partial charge in [0, 0.05) is 24.7 Å². The molecule has 0 bridgehead atoms. The van der Waals surface area contributed by atoms with Gasteiger partial charge in [-0.05, 0) is 29.8 Å². The summed E-state index contributed by atoms with van der Waals surface area (Å²) < 4.78 is 23.8. The fourth-order valence-corrected chi connectivity index (χ4v) is 3.22. The van der Waals surface area contributed by atoms with Gasteiger partial charge in [-0.15, -0.1) is 0 Å². The summed E-state index contributed by atoms with van der Waals surface area (Å²) in [6.07, 6.45) is 0. The van der Waals surface area contributed by atoms with Crippen LogP contribution < -0.4 is 14.4 Å². The summed E-state index contributed by atoms with van der Waals surface area (Å²) in [4.78, 5) is 28.1. The van der Waals surface area contributed by atoms with Crippen molar-refractivity contribution >= 4 is 29.1 Å². The molecule has 1 aliphatic heterocycles. The van der Waals surface area contributed by atoms with Crippen LogP contribution in [0, 0.1) is 5.82 Å². The number of hydrogen-bond acceptors (Lipinski definition) is 4. The van der Waals surface area contributed by atoms with Crippen LogP contribution in [-0.2, 0) is 16.1 Å². The van der Waals surface area contributed by atoms with Crippen molar-refractivity contribution in [2.24, 2.45) is 0 Å². The van der Waals surface area contributed by atoms with Gasteiger partial charge in [-0.1, -0.05) is 23.7 Å². The number of piperazine rings is 1. The van der Waals surface area contributed by atoms with Crippen molar-refractivity contribution in [3.8, 4) is 11.5 Å². The van der Waals surface area contributed by atoms with Gasteiger partial charge in [0.15, 0.2) is 0 Å². The minimum atomic E-state index is -0.692. The van der Waals surface area contributed by atoms with E-state index in [1.807, 2.05) is 0 Å². The first-order chi connectivity index (χ1) is 13.0. The fourth-order valence-electron chi connectivity index (χ4n) is 2.99. The maximum absolute atomic E-state index is 13.2. The average Bonchev–Trinajstić information content (AvgIpc) is 2.67. The number of para-hydroxylation sites is 1. The molecule has 3 rings (SSSR count). The van der Waals surface area contributed by atoms with Crippen LogP contribution >= 0.6 is 11.6 Å². The summed E-state index contributed by atoms with van der Waals surface area (Å²) in [6, 6.07) is 9.08. The summed E-state index contributed by atoms with van der Waals surface area (Å²) in [5.41, 5.74) is 0.989. The molecule has 1 saturated heterocycles. The average molecular weight is 393 g/mol. The lowest BCUT2D eigenvalue weighted by atomic mass is 10.1. The van der Waals surface area contributed by atoms with Gasteiger partial charge >= 0.3 is 11.8 Å². The minimum Gasteiger partial charge on any atom is -0.494 e. The molecule has 142 valence electrons. The fraction of sp³-hybridized carbons (Fsp3) is 0.263. The van der Waals surface area contributed by atoms with E-state index in [4.69, 9.17) is 21.1 Å². The number of halogens is 2. The number of carbonyl (C=O) groups is 2. The second kappa shape index (κ2) is 7.84. The van der Waals surface area contributed by atoms with Crippen LogP contribution in [0.4, 0.5) is 10.1 Å². The molecule has 8 heteroatoms. The number of ether oxygens (including phenoxy) is 2. The van der Waals surface area contributed by atoms with Crippen LogP contribution in [0.1, 0.15) is 5.56 Å². The van der Waals surface area contributed by atoms with E-state index in [1.165, 1.54) is 42.2 Å². The van der Waals surface area contributed by atoms with Gasteiger partial charge in [0.2, 0.25) is 0 Å². The number of benzene rings is 2. The SMILES string of the molecule is COc1cccc(OC)c1N1CCN(Cc2ccc(F)cc2Cl)C(=O)C1=O. The van der Waals surface area contributed by atoms with Gasteiger partial charge in [0.25, 0.3) is 0 Å². The predicted octanol–water partition coefficient (Wildman–Crippen LogP) is 2.87. The Morgan fingerprint density at radius 2 is 1.70 bits per heavy atom. The molecule has 0 radical (unpaired) electrons. The van der Waals surface area contributed by atoms with Crippen molar-refractivity contribution in [3.63, 3.8) is 0 Å². The third-order valence-corrected chi connectivity index (χ3v) is 4.71. The van der Waals surface area contributed by atoms with Crippen molar-refractivity contribution in [2.45, 2.75) is 6.54 Å². The molecule has 0 atom stereocenters. The summed E-state index contributed by atoms with van der Waals surface area (Å²) in [5.74, 6) is -0.952. The maximum Gasteiger partial charge on any atom is 0.316 e. The topological polar surface area (TPSA) is 59.1 Å². The van der Waals surface area contributed by atoms with Gasteiger partial charge in [0.1, 0.15) is 23.0 Å². The van der Waals surface area contributed by atoms with E-state index in [0.717, 1.165) is 0 Å². The molecule has 1 aliphatic rings. The van der Waals surface area contributed by atoms with Gasteiger partial charge in [-0.25, -0.2) is 4.39 Å². The molecule has 0 aliphatic carbocycles. The Morgan fingerprint density at radius 3 is 2.30 bits per heavy atom. The molecule has 27 heavy (non-hydrogen) atoms. The monoisotopic (exact) mass is 392 g/mol. The first-order valence-corrected chi connectivity index (χ1v) is 8.59. The molecule has 0 saturated carbocycles. The molecule has 2 aromatic carbocycles. The molecule has 1 heterocycles. The zero-order valence-corrected chi connectivity index (χ0v) is 15.6. The number of nitrogens with zero attached hydrogens (tertiary/aromatic N) is 2. The smallest absolute Gasteiger partial charge is 0.316 e. The highest BCUT2D eigenvalue weighted by atomic mass is 35.5. The summed E-state index contributed by atoms with van der Waals surface area (Å²) in [7, 11) is 2.97. The van der Waals surface area contributed by atoms with Crippen molar-refractivity contribution in [1.29, 1.82) is 0 Å². The number of methoxy groups -OCH3 is 2. The molecule has 1 fully saturated rings. The number of rotatable bonds is 5. The van der Waals surface area contributed by atoms with E-state index in [2.05, 4.69) is 0 Å². The second-order valence-corrected chi connectivity index (χ2v) is 6.34. The lowest BCUT2D eigenvalue weighted by molar-refractivity contribution is -0.146. The number of hydrogen-bond donors (Lipinski definition) is 0. The van der Waals surface area contributed by atoms with Crippen LogP contribution in [0.5, 0.6) is 11.5 Å². The summed E-state index contributed by atoms with van der Waals surface area (Å²) in [6.45, 7) is 0.681. The minimum absolute atomic E-state index is 0.126. The second-order valence-electron chi connectivity index (χ2n) is 5.93. The molecular formula is C19H18ClFN2O4. The quantitative estimate of drug-likeness (QED) is 0.734. The molecular weight excluding hydrogens is 375 g/mol. The highest BCUT2D eigenvalue weighted by Gasteiger charge is 2.36. The lowest BCUT2D eigenvalue weighted by Gasteiger charge is -2.35. The Balaban J connectivity index is 1.84. The van der Waals surface area contributed by atoms with E-state index in [0.29, 0.717) is 29.3 Å². The maximum atomic E-state index is 13.2. The van der Waals surface area contributed by atoms with Crippen molar-refractivity contribution < 1.29 is 23.5 Å².